The van der Waals surface area contributed by atoms with E-state index in [1.54, 1.807) is 18.2 Å². The van der Waals surface area contributed by atoms with Crippen molar-refractivity contribution in [3.8, 4) is 11.5 Å². The fraction of sp³-hybridized carbons (Fsp3) is 0.368. The minimum Gasteiger partial charge on any atom is -0.454 e. The van der Waals surface area contributed by atoms with Gasteiger partial charge in [0.1, 0.15) is 5.75 Å². The van der Waals surface area contributed by atoms with E-state index in [0.29, 0.717) is 5.75 Å². The van der Waals surface area contributed by atoms with Gasteiger partial charge in [0.05, 0.1) is 0 Å². The molecule has 0 fully saturated rings. The molecule has 3 heteroatoms. The highest BCUT2D eigenvalue weighted by atomic mass is 19.1. The van der Waals surface area contributed by atoms with Crippen LogP contribution in [0.1, 0.15) is 25.8 Å². The summed E-state index contributed by atoms with van der Waals surface area (Å²) in [4.78, 5) is 2.31. The number of benzene rings is 2. The first-order valence-electron chi connectivity index (χ1n) is 7.74. The van der Waals surface area contributed by atoms with Crippen LogP contribution in [0.15, 0.2) is 48.5 Å². The molecule has 0 aliphatic carbocycles. The molecular formula is C19H24FNO. The molecule has 0 saturated carbocycles. The molecule has 0 heterocycles. The van der Waals surface area contributed by atoms with E-state index in [-0.39, 0.29) is 11.6 Å². The quantitative estimate of drug-likeness (QED) is 0.706. The zero-order chi connectivity index (χ0) is 15.9. The highest BCUT2D eigenvalue weighted by Crippen LogP contribution is 2.24. The second kappa shape index (κ2) is 7.95. The number of hydrogen-bond donors (Lipinski definition) is 0. The Labute approximate surface area is 132 Å². The molecule has 0 aliphatic heterocycles. The fourth-order valence-corrected chi connectivity index (χ4v) is 2.19. The largest absolute Gasteiger partial charge is 0.454 e. The average Bonchev–Trinajstić information content (AvgIpc) is 2.49. The third-order valence-corrected chi connectivity index (χ3v) is 3.53. The van der Waals surface area contributed by atoms with Crippen LogP contribution >= 0.6 is 0 Å². The molecule has 0 saturated heterocycles. The third kappa shape index (κ3) is 5.15. The van der Waals surface area contributed by atoms with Crippen molar-refractivity contribution in [3.63, 3.8) is 0 Å². The molecule has 22 heavy (non-hydrogen) atoms. The Balaban J connectivity index is 1.91. The van der Waals surface area contributed by atoms with Gasteiger partial charge in [-0.2, -0.15) is 0 Å². The van der Waals surface area contributed by atoms with Crippen LogP contribution in [-0.2, 0) is 6.54 Å². The van der Waals surface area contributed by atoms with Crippen LogP contribution in [0.3, 0.4) is 0 Å². The first-order valence-corrected chi connectivity index (χ1v) is 7.74. The summed E-state index contributed by atoms with van der Waals surface area (Å²) in [6, 6.07) is 14.3. The van der Waals surface area contributed by atoms with E-state index in [4.69, 9.17) is 4.74 Å². The average molecular weight is 301 g/mol. The highest BCUT2D eigenvalue weighted by Gasteiger charge is 2.05. The van der Waals surface area contributed by atoms with Gasteiger partial charge in [-0.1, -0.05) is 38.1 Å². The molecule has 2 rings (SSSR count). The third-order valence-electron chi connectivity index (χ3n) is 3.53. The summed E-state index contributed by atoms with van der Waals surface area (Å²) in [5.41, 5.74) is 1.23. The standard InChI is InChI=1S/C19H24FNO/c1-15(2)12-13-21(3)14-16-8-10-17(11-9-16)22-19-7-5-4-6-18(19)20/h4-11,15H,12-14H2,1-3H3. The maximum absolute atomic E-state index is 13.5. The van der Waals surface area contributed by atoms with Crippen molar-refractivity contribution in [1.82, 2.24) is 4.90 Å². The molecule has 2 aromatic rings. The Morgan fingerprint density at radius 3 is 2.36 bits per heavy atom. The van der Waals surface area contributed by atoms with Gasteiger partial charge in [-0.05, 0) is 55.8 Å². The molecule has 0 spiro atoms. The minimum absolute atomic E-state index is 0.254. The van der Waals surface area contributed by atoms with E-state index < -0.39 is 0 Å². The first kappa shape index (κ1) is 16.5. The smallest absolute Gasteiger partial charge is 0.165 e. The van der Waals surface area contributed by atoms with Gasteiger partial charge >= 0.3 is 0 Å². The zero-order valence-electron chi connectivity index (χ0n) is 13.6. The number of nitrogens with zero attached hydrogens (tertiary/aromatic N) is 1. The van der Waals surface area contributed by atoms with E-state index in [1.165, 1.54) is 18.1 Å². The molecular weight excluding hydrogens is 277 g/mol. The molecule has 0 aromatic heterocycles. The molecule has 0 amide bonds. The molecule has 0 bridgehead atoms. The lowest BCUT2D eigenvalue weighted by Crippen LogP contribution is -2.20. The predicted molar refractivity (Wildman–Crippen MR) is 88.7 cm³/mol. The number of rotatable bonds is 7. The summed E-state index contributed by atoms with van der Waals surface area (Å²) in [7, 11) is 2.13. The lowest BCUT2D eigenvalue weighted by atomic mass is 10.1. The van der Waals surface area contributed by atoms with Gasteiger partial charge < -0.3 is 9.64 Å². The lowest BCUT2D eigenvalue weighted by Gasteiger charge is -2.18. The molecule has 0 atom stereocenters. The Morgan fingerprint density at radius 1 is 1.05 bits per heavy atom. The van der Waals surface area contributed by atoms with Crippen molar-refractivity contribution >= 4 is 0 Å². The van der Waals surface area contributed by atoms with Crippen molar-refractivity contribution < 1.29 is 9.13 Å². The van der Waals surface area contributed by atoms with Crippen molar-refractivity contribution in [2.75, 3.05) is 13.6 Å². The summed E-state index contributed by atoms with van der Waals surface area (Å²) in [5, 5.41) is 0. The van der Waals surface area contributed by atoms with E-state index in [2.05, 4.69) is 25.8 Å². The van der Waals surface area contributed by atoms with Crippen molar-refractivity contribution in [2.24, 2.45) is 5.92 Å². The molecule has 0 radical (unpaired) electrons. The van der Waals surface area contributed by atoms with E-state index in [0.717, 1.165) is 19.0 Å². The van der Waals surface area contributed by atoms with Crippen LogP contribution < -0.4 is 4.74 Å². The molecule has 0 aliphatic rings. The fourth-order valence-electron chi connectivity index (χ4n) is 2.19. The molecule has 0 unspecified atom stereocenters. The van der Waals surface area contributed by atoms with Gasteiger partial charge in [-0.25, -0.2) is 4.39 Å². The minimum atomic E-state index is -0.347. The normalized spacial score (nSPS) is 11.2. The van der Waals surface area contributed by atoms with Crippen LogP contribution in [-0.4, -0.2) is 18.5 Å². The molecule has 2 nitrogen and oxygen atoms in total. The summed E-state index contributed by atoms with van der Waals surface area (Å²) in [6.07, 6.45) is 1.20. The Morgan fingerprint density at radius 2 is 1.73 bits per heavy atom. The van der Waals surface area contributed by atoms with E-state index in [1.807, 2.05) is 24.3 Å². The van der Waals surface area contributed by atoms with Crippen LogP contribution in [0, 0.1) is 11.7 Å². The second-order valence-corrected chi connectivity index (χ2v) is 6.10. The van der Waals surface area contributed by atoms with E-state index >= 15 is 0 Å². The van der Waals surface area contributed by atoms with Crippen LogP contribution in [0.25, 0.3) is 0 Å². The van der Waals surface area contributed by atoms with Gasteiger partial charge in [0.25, 0.3) is 0 Å². The van der Waals surface area contributed by atoms with Crippen LogP contribution in [0.2, 0.25) is 0 Å². The highest BCUT2D eigenvalue weighted by molar-refractivity contribution is 5.33. The monoisotopic (exact) mass is 301 g/mol. The molecule has 0 N–H and O–H groups in total. The Hall–Kier alpha value is -1.87. The predicted octanol–water partition coefficient (Wildman–Crippen LogP) is 5.10. The van der Waals surface area contributed by atoms with Gasteiger partial charge in [0.15, 0.2) is 11.6 Å². The lowest BCUT2D eigenvalue weighted by molar-refractivity contribution is 0.303. The first-order chi connectivity index (χ1) is 10.5. The van der Waals surface area contributed by atoms with Crippen LogP contribution in [0.4, 0.5) is 4.39 Å². The van der Waals surface area contributed by atoms with Gasteiger partial charge in [-0.15, -0.1) is 0 Å². The van der Waals surface area contributed by atoms with Crippen LogP contribution in [0.5, 0.6) is 11.5 Å². The van der Waals surface area contributed by atoms with Crippen molar-refractivity contribution in [3.05, 3.63) is 59.9 Å². The van der Waals surface area contributed by atoms with Crippen molar-refractivity contribution in [2.45, 2.75) is 26.8 Å². The zero-order valence-corrected chi connectivity index (χ0v) is 13.6. The summed E-state index contributed by atoms with van der Waals surface area (Å²) in [6.45, 7) is 6.48. The number of para-hydroxylation sites is 1. The number of hydrogen-bond acceptors (Lipinski definition) is 2. The second-order valence-electron chi connectivity index (χ2n) is 6.10. The SMILES string of the molecule is CC(C)CCN(C)Cc1ccc(Oc2ccccc2F)cc1. The van der Waals surface area contributed by atoms with E-state index in [9.17, 15) is 4.39 Å². The topological polar surface area (TPSA) is 12.5 Å². The number of halogens is 1. The Kier molecular flexibility index (Phi) is 5.96. The molecule has 118 valence electrons. The number of ether oxygens (including phenoxy) is 1. The Bertz CT molecular complexity index is 580. The maximum atomic E-state index is 13.5. The summed E-state index contributed by atoms with van der Waals surface area (Å²) >= 11 is 0. The van der Waals surface area contributed by atoms with Gasteiger partial charge in [-0.3, -0.25) is 0 Å². The van der Waals surface area contributed by atoms with Crippen molar-refractivity contribution in [1.29, 1.82) is 0 Å². The van der Waals surface area contributed by atoms with Gasteiger partial charge in [0.2, 0.25) is 0 Å². The summed E-state index contributed by atoms with van der Waals surface area (Å²) < 4.78 is 19.1. The summed E-state index contributed by atoms with van der Waals surface area (Å²) in [5.74, 6) is 1.28. The maximum Gasteiger partial charge on any atom is 0.165 e. The van der Waals surface area contributed by atoms with Gasteiger partial charge in [0, 0.05) is 6.54 Å². The molecule has 2 aromatic carbocycles.